The predicted molar refractivity (Wildman–Crippen MR) is 88.1 cm³/mol. The first kappa shape index (κ1) is 16.5. The van der Waals surface area contributed by atoms with Gasteiger partial charge in [-0.05, 0) is 29.8 Å². The van der Waals surface area contributed by atoms with Gasteiger partial charge in [-0.2, -0.15) is 5.10 Å². The van der Waals surface area contributed by atoms with Gasteiger partial charge in [-0.1, -0.05) is 0 Å². The van der Waals surface area contributed by atoms with Gasteiger partial charge in [0.05, 0.1) is 26.0 Å². The van der Waals surface area contributed by atoms with Crippen molar-refractivity contribution in [3.8, 4) is 16.9 Å². The van der Waals surface area contributed by atoms with Crippen molar-refractivity contribution in [1.29, 1.82) is 0 Å². The molecule has 1 aliphatic rings. The predicted octanol–water partition coefficient (Wildman–Crippen LogP) is 0.972. The van der Waals surface area contributed by atoms with Crippen LogP contribution in [0.5, 0.6) is 5.75 Å². The Bertz CT molecular complexity index is 667. The average molecular weight is 329 g/mol. The summed E-state index contributed by atoms with van der Waals surface area (Å²) in [6.45, 7) is 3.66. The van der Waals surface area contributed by atoms with Crippen LogP contribution in [0, 0.1) is 6.07 Å². The third kappa shape index (κ3) is 4.12. The van der Waals surface area contributed by atoms with E-state index in [1.165, 1.54) is 0 Å². The fourth-order valence-corrected chi connectivity index (χ4v) is 2.60. The molecule has 1 aromatic heterocycles. The van der Waals surface area contributed by atoms with Crippen molar-refractivity contribution in [2.45, 2.75) is 0 Å². The Hall–Kier alpha value is -2.38. The highest BCUT2D eigenvalue weighted by Gasteiger charge is 2.16. The maximum Gasteiger partial charge on any atom is 0.224 e. The highest BCUT2D eigenvalue weighted by Crippen LogP contribution is 2.22. The maximum atomic E-state index is 11.3. The van der Waals surface area contributed by atoms with Crippen molar-refractivity contribution in [3.05, 3.63) is 36.7 Å². The van der Waals surface area contributed by atoms with Crippen molar-refractivity contribution >= 4 is 6.41 Å². The minimum atomic E-state index is 0.417. The Morgan fingerprint density at radius 2 is 2.21 bits per heavy atom. The Morgan fingerprint density at radius 3 is 2.92 bits per heavy atom. The van der Waals surface area contributed by atoms with Crippen molar-refractivity contribution in [2.75, 3.05) is 39.5 Å². The van der Waals surface area contributed by atoms with Crippen molar-refractivity contribution in [3.63, 3.8) is 0 Å². The van der Waals surface area contributed by atoms with Gasteiger partial charge in [0, 0.05) is 31.9 Å². The fourth-order valence-electron chi connectivity index (χ4n) is 2.60. The molecule has 1 aromatic carbocycles. The second-order valence-electron chi connectivity index (χ2n) is 5.54. The van der Waals surface area contributed by atoms with E-state index in [2.05, 4.69) is 11.2 Å². The summed E-state index contributed by atoms with van der Waals surface area (Å²) < 4.78 is 12.8. The Morgan fingerprint density at radius 1 is 1.38 bits per heavy atom. The van der Waals surface area contributed by atoms with Gasteiger partial charge in [0.2, 0.25) is 6.41 Å². The lowest BCUT2D eigenvalue weighted by Gasteiger charge is -2.34. The topological polar surface area (TPSA) is 59.8 Å². The van der Waals surface area contributed by atoms with Crippen molar-refractivity contribution in [2.24, 2.45) is 7.05 Å². The largest absolute Gasteiger partial charge is 0.492 e. The molecule has 0 atom stereocenters. The molecule has 127 valence electrons. The number of amides is 1. The molecule has 0 aliphatic carbocycles. The minimum absolute atomic E-state index is 0.417. The third-order valence-electron chi connectivity index (χ3n) is 3.86. The first-order chi connectivity index (χ1) is 11.8. The van der Waals surface area contributed by atoms with Crippen molar-refractivity contribution < 1.29 is 14.3 Å². The van der Waals surface area contributed by atoms with Crippen LogP contribution in [0.3, 0.4) is 0 Å². The Balaban J connectivity index is 1.55. The highest BCUT2D eigenvalue weighted by molar-refractivity contribution is 5.63. The van der Waals surface area contributed by atoms with E-state index in [4.69, 9.17) is 9.47 Å². The molecule has 0 unspecified atom stereocenters. The van der Waals surface area contributed by atoms with Gasteiger partial charge in [-0.3, -0.25) is 14.5 Å². The zero-order valence-electron chi connectivity index (χ0n) is 13.7. The normalized spacial score (nSPS) is 15.2. The quantitative estimate of drug-likeness (QED) is 0.709. The Kier molecular flexibility index (Phi) is 5.45. The molecule has 2 heterocycles. The molecule has 24 heavy (non-hydrogen) atoms. The van der Waals surface area contributed by atoms with Gasteiger partial charge in [-0.25, -0.2) is 5.01 Å². The summed E-state index contributed by atoms with van der Waals surface area (Å²) in [5, 5.41) is 7.81. The second-order valence-corrected chi connectivity index (χ2v) is 5.54. The lowest BCUT2D eigenvalue weighted by atomic mass is 10.1. The van der Waals surface area contributed by atoms with E-state index in [1.807, 2.05) is 30.4 Å². The van der Waals surface area contributed by atoms with Crippen LogP contribution < -0.4 is 4.74 Å². The molecule has 0 N–H and O–H groups in total. The molecule has 1 amide bonds. The summed E-state index contributed by atoms with van der Waals surface area (Å²) in [7, 11) is 1.88. The molecular formula is C17H21N4O3. The fraction of sp³-hybridized carbons (Fsp3) is 0.412. The molecule has 7 heteroatoms. The zero-order chi connectivity index (χ0) is 16.8. The lowest BCUT2D eigenvalue weighted by molar-refractivity contribution is -0.143. The van der Waals surface area contributed by atoms with E-state index in [0.717, 1.165) is 36.4 Å². The number of morpholine rings is 1. The summed E-state index contributed by atoms with van der Waals surface area (Å²) >= 11 is 0. The zero-order valence-corrected chi connectivity index (χ0v) is 13.7. The summed E-state index contributed by atoms with van der Waals surface area (Å²) in [6.07, 6.45) is 4.59. The molecule has 2 aromatic rings. The molecule has 0 saturated carbocycles. The number of aryl methyl sites for hydroxylation is 1. The summed E-state index contributed by atoms with van der Waals surface area (Å²) in [4.78, 5) is 11.3. The van der Waals surface area contributed by atoms with Gasteiger partial charge in [-0.15, -0.1) is 0 Å². The molecule has 0 bridgehead atoms. The summed E-state index contributed by atoms with van der Waals surface area (Å²) in [6, 6.07) is 8.72. The number of carbonyl (C=O) groups excluding carboxylic acids is 1. The smallest absolute Gasteiger partial charge is 0.224 e. The van der Waals surface area contributed by atoms with Gasteiger partial charge in [0.15, 0.2) is 0 Å². The van der Waals surface area contributed by atoms with Crippen LogP contribution in [0.2, 0.25) is 0 Å². The average Bonchev–Trinajstić information content (AvgIpc) is 3.06. The van der Waals surface area contributed by atoms with E-state index in [0.29, 0.717) is 26.4 Å². The second kappa shape index (κ2) is 7.94. The maximum absolute atomic E-state index is 11.3. The number of nitrogens with zero attached hydrogens (tertiary/aromatic N) is 4. The number of carbonyl (C=O) groups is 1. The lowest BCUT2D eigenvalue weighted by Crippen LogP contribution is -2.49. The summed E-state index contributed by atoms with van der Waals surface area (Å²) in [5.74, 6) is 0.726. The third-order valence-corrected chi connectivity index (χ3v) is 3.86. The Labute approximate surface area is 141 Å². The van der Waals surface area contributed by atoms with Crippen LogP contribution in [0.1, 0.15) is 0 Å². The molecule has 1 saturated heterocycles. The molecule has 1 radical (unpaired) electrons. The van der Waals surface area contributed by atoms with Gasteiger partial charge in [0.25, 0.3) is 0 Å². The first-order valence-corrected chi connectivity index (χ1v) is 7.94. The molecule has 1 aliphatic heterocycles. The molecule has 3 rings (SSSR count). The number of hydrogen-bond donors (Lipinski definition) is 0. The molecule has 7 nitrogen and oxygen atoms in total. The van der Waals surface area contributed by atoms with Crippen LogP contribution in [-0.4, -0.2) is 65.7 Å². The van der Waals surface area contributed by atoms with Crippen LogP contribution in [0.25, 0.3) is 11.1 Å². The van der Waals surface area contributed by atoms with Gasteiger partial charge < -0.3 is 9.47 Å². The first-order valence-electron chi connectivity index (χ1n) is 7.94. The van der Waals surface area contributed by atoms with E-state index in [-0.39, 0.29) is 0 Å². The van der Waals surface area contributed by atoms with E-state index >= 15 is 0 Å². The number of ether oxygens (including phenoxy) is 2. The molecule has 1 fully saturated rings. The number of rotatable bonds is 7. The standard InChI is InChI=1S/C17H21N4O3/c1-19-13-16(12-18-19)15-3-2-4-17(11-15)24-10-7-21(14-22)20-5-8-23-9-6-20/h3-4,11-14H,5-10H2,1H3. The van der Waals surface area contributed by atoms with Crippen molar-refractivity contribution in [1.82, 2.24) is 19.8 Å². The van der Waals surface area contributed by atoms with Crippen LogP contribution in [-0.2, 0) is 16.6 Å². The van der Waals surface area contributed by atoms with Crippen LogP contribution in [0.4, 0.5) is 0 Å². The van der Waals surface area contributed by atoms with Gasteiger partial charge in [0.1, 0.15) is 12.4 Å². The van der Waals surface area contributed by atoms with E-state index in [1.54, 1.807) is 22.0 Å². The van der Waals surface area contributed by atoms with E-state index < -0.39 is 0 Å². The SMILES string of the molecule is Cn1cc(-c2c[c]cc(OCCN(C=O)N3CCOCC3)c2)cn1. The number of hydrazine groups is 1. The highest BCUT2D eigenvalue weighted by atomic mass is 16.5. The minimum Gasteiger partial charge on any atom is -0.492 e. The number of aromatic nitrogens is 2. The molecule has 0 spiro atoms. The van der Waals surface area contributed by atoms with Gasteiger partial charge >= 0.3 is 0 Å². The summed E-state index contributed by atoms with van der Waals surface area (Å²) in [5.41, 5.74) is 2.02. The van der Waals surface area contributed by atoms with Crippen LogP contribution >= 0.6 is 0 Å². The number of hydrogen-bond acceptors (Lipinski definition) is 5. The number of benzene rings is 1. The van der Waals surface area contributed by atoms with E-state index in [9.17, 15) is 4.79 Å². The molecular weight excluding hydrogens is 308 g/mol. The van der Waals surface area contributed by atoms with Crippen LogP contribution in [0.15, 0.2) is 30.6 Å². The monoisotopic (exact) mass is 329 g/mol.